The molecule has 1 unspecified atom stereocenters. The molecular formula is C11H18NO2PS. The molecular weight excluding hydrogens is 241 g/mol. The van der Waals surface area contributed by atoms with E-state index >= 15 is 0 Å². The van der Waals surface area contributed by atoms with Crippen LogP contribution in [0, 0.1) is 6.92 Å². The Hall–Kier alpha value is -0.440. The van der Waals surface area contributed by atoms with Gasteiger partial charge in [-0.1, -0.05) is 31.0 Å². The quantitative estimate of drug-likeness (QED) is 0.620. The van der Waals surface area contributed by atoms with E-state index in [4.69, 9.17) is 10.0 Å². The highest BCUT2D eigenvalue weighted by molar-refractivity contribution is 8.56. The Balaban J connectivity index is 2.51. The average Bonchev–Trinajstić information content (AvgIpc) is 2.21. The Morgan fingerprint density at radius 1 is 1.38 bits per heavy atom. The fraction of sp³-hybridized carbons (Fsp3) is 0.455. The van der Waals surface area contributed by atoms with Crippen LogP contribution in [0.4, 0.5) is 0 Å². The smallest absolute Gasteiger partial charge is 0.371 e. The second-order valence-electron chi connectivity index (χ2n) is 3.63. The van der Waals surface area contributed by atoms with Gasteiger partial charge in [0.1, 0.15) is 5.75 Å². The van der Waals surface area contributed by atoms with Gasteiger partial charge < -0.3 is 4.52 Å². The third-order valence-corrected chi connectivity index (χ3v) is 5.17. The molecule has 1 aromatic carbocycles. The molecule has 0 heterocycles. The molecule has 5 heteroatoms. The van der Waals surface area contributed by atoms with E-state index in [0.717, 1.165) is 24.2 Å². The second kappa shape index (κ2) is 6.33. The summed E-state index contributed by atoms with van der Waals surface area (Å²) in [6.45, 7) is 1.03. The van der Waals surface area contributed by atoms with Crippen LogP contribution < -0.4 is 10.0 Å². The van der Waals surface area contributed by atoms with Gasteiger partial charge in [-0.2, -0.15) is 0 Å². The van der Waals surface area contributed by atoms with Gasteiger partial charge in [0.05, 0.1) is 0 Å². The van der Waals surface area contributed by atoms with Crippen molar-refractivity contribution in [1.82, 2.24) is 0 Å². The molecule has 0 radical (unpaired) electrons. The maximum absolute atomic E-state index is 11.9. The molecule has 90 valence electrons. The molecule has 0 fully saturated rings. The Labute approximate surface area is 101 Å². The van der Waals surface area contributed by atoms with E-state index in [2.05, 4.69) is 6.92 Å². The van der Waals surface area contributed by atoms with Crippen LogP contribution in [0.2, 0.25) is 0 Å². The van der Waals surface area contributed by atoms with Crippen LogP contribution in [0.3, 0.4) is 0 Å². The van der Waals surface area contributed by atoms with Crippen LogP contribution >= 0.6 is 18.1 Å². The van der Waals surface area contributed by atoms with Crippen molar-refractivity contribution in [2.45, 2.75) is 26.7 Å². The van der Waals surface area contributed by atoms with Gasteiger partial charge in [0.25, 0.3) is 0 Å². The summed E-state index contributed by atoms with van der Waals surface area (Å²) in [5.74, 6) is 1.34. The summed E-state index contributed by atoms with van der Waals surface area (Å²) >= 11 is 1.21. The van der Waals surface area contributed by atoms with Crippen LogP contribution in [0.5, 0.6) is 5.75 Å². The van der Waals surface area contributed by atoms with Crippen molar-refractivity contribution in [1.29, 1.82) is 0 Å². The van der Waals surface area contributed by atoms with Gasteiger partial charge in [0, 0.05) is 5.75 Å². The number of unbranched alkanes of at least 4 members (excludes halogenated alkanes) is 1. The minimum Gasteiger partial charge on any atom is -0.426 e. The van der Waals surface area contributed by atoms with Crippen molar-refractivity contribution in [3.63, 3.8) is 0 Å². The van der Waals surface area contributed by atoms with Gasteiger partial charge in [0.2, 0.25) is 0 Å². The predicted octanol–water partition coefficient (Wildman–Crippen LogP) is 3.97. The Kier molecular flexibility index (Phi) is 5.39. The zero-order valence-electron chi connectivity index (χ0n) is 9.68. The van der Waals surface area contributed by atoms with Crippen LogP contribution in [0.15, 0.2) is 24.3 Å². The molecule has 1 rings (SSSR count). The van der Waals surface area contributed by atoms with Crippen LogP contribution in [-0.4, -0.2) is 5.75 Å². The lowest BCUT2D eigenvalue weighted by Crippen LogP contribution is -1.99. The highest BCUT2D eigenvalue weighted by atomic mass is 32.7. The van der Waals surface area contributed by atoms with E-state index in [0.29, 0.717) is 5.75 Å². The SMILES string of the molecule is CCCCSP(N)(=O)Oc1ccc(C)cc1. The van der Waals surface area contributed by atoms with Crippen molar-refractivity contribution < 1.29 is 9.09 Å². The van der Waals surface area contributed by atoms with E-state index in [1.807, 2.05) is 19.1 Å². The van der Waals surface area contributed by atoms with Gasteiger partial charge in [0.15, 0.2) is 0 Å². The molecule has 0 spiro atoms. The molecule has 3 nitrogen and oxygen atoms in total. The monoisotopic (exact) mass is 259 g/mol. The van der Waals surface area contributed by atoms with E-state index in [9.17, 15) is 4.57 Å². The van der Waals surface area contributed by atoms with E-state index in [1.165, 1.54) is 11.4 Å². The Bertz CT molecular complexity index is 367. The summed E-state index contributed by atoms with van der Waals surface area (Å²) in [7, 11) is 0. The number of nitrogens with two attached hydrogens (primary N) is 1. The van der Waals surface area contributed by atoms with E-state index < -0.39 is 6.72 Å². The van der Waals surface area contributed by atoms with Crippen molar-refractivity contribution >= 4 is 18.1 Å². The molecule has 0 aliphatic carbocycles. The average molecular weight is 259 g/mol. The first-order valence-electron chi connectivity index (χ1n) is 5.33. The molecule has 0 saturated carbocycles. The minimum atomic E-state index is -3.04. The van der Waals surface area contributed by atoms with Crippen LogP contribution in [0.25, 0.3) is 0 Å². The normalized spacial score (nSPS) is 14.4. The summed E-state index contributed by atoms with van der Waals surface area (Å²) in [6, 6.07) is 7.39. The molecule has 16 heavy (non-hydrogen) atoms. The first-order chi connectivity index (χ1) is 7.53. The fourth-order valence-corrected chi connectivity index (χ4v) is 3.82. The summed E-state index contributed by atoms with van der Waals surface area (Å²) in [5, 5.41) is 0. The largest absolute Gasteiger partial charge is 0.426 e. The first kappa shape index (κ1) is 13.6. The fourth-order valence-electron chi connectivity index (χ4n) is 1.11. The van der Waals surface area contributed by atoms with Gasteiger partial charge in [-0.3, -0.25) is 0 Å². The molecule has 0 aromatic heterocycles. The predicted molar refractivity (Wildman–Crippen MR) is 71.0 cm³/mol. The molecule has 2 N–H and O–H groups in total. The highest BCUT2D eigenvalue weighted by Gasteiger charge is 2.18. The topological polar surface area (TPSA) is 52.3 Å². The summed E-state index contributed by atoms with van der Waals surface area (Å²) in [5.41, 5.74) is 6.76. The molecule has 0 aliphatic heterocycles. The van der Waals surface area contributed by atoms with Crippen LogP contribution in [-0.2, 0) is 4.57 Å². The zero-order chi connectivity index (χ0) is 12.0. The lowest BCUT2D eigenvalue weighted by molar-refractivity contribution is 0.500. The molecule has 0 saturated heterocycles. The maximum atomic E-state index is 11.9. The standard InChI is InChI=1S/C11H18NO2PS/c1-3-4-9-16-15(12,13)14-11-7-5-10(2)6-8-11/h5-8H,3-4,9H2,1-2H3,(H2,12,13). The lowest BCUT2D eigenvalue weighted by Gasteiger charge is -2.13. The number of hydrogen-bond acceptors (Lipinski definition) is 3. The Morgan fingerprint density at radius 3 is 2.56 bits per heavy atom. The zero-order valence-corrected chi connectivity index (χ0v) is 11.4. The van der Waals surface area contributed by atoms with Crippen molar-refractivity contribution in [2.75, 3.05) is 5.75 Å². The van der Waals surface area contributed by atoms with E-state index in [1.54, 1.807) is 12.1 Å². The number of benzene rings is 1. The third-order valence-electron chi connectivity index (χ3n) is 2.02. The lowest BCUT2D eigenvalue weighted by atomic mass is 10.2. The van der Waals surface area contributed by atoms with Crippen molar-refractivity contribution in [2.24, 2.45) is 5.50 Å². The number of aryl methyl sites for hydroxylation is 1. The summed E-state index contributed by atoms with van der Waals surface area (Å²) in [6.07, 6.45) is 2.07. The molecule has 0 bridgehead atoms. The molecule has 0 aliphatic rings. The molecule has 0 amide bonds. The first-order valence-corrected chi connectivity index (χ1v) is 8.61. The van der Waals surface area contributed by atoms with Gasteiger partial charge in [-0.15, -0.1) is 0 Å². The third kappa shape index (κ3) is 5.06. The van der Waals surface area contributed by atoms with E-state index in [-0.39, 0.29) is 0 Å². The highest BCUT2D eigenvalue weighted by Crippen LogP contribution is 2.52. The number of rotatable bonds is 6. The minimum absolute atomic E-state index is 0.570. The molecule has 1 aromatic rings. The number of hydrogen-bond donors (Lipinski definition) is 1. The van der Waals surface area contributed by atoms with Crippen molar-refractivity contribution in [3.8, 4) is 5.75 Å². The van der Waals surface area contributed by atoms with Crippen LogP contribution in [0.1, 0.15) is 25.3 Å². The molecule has 1 atom stereocenters. The maximum Gasteiger partial charge on any atom is 0.371 e. The van der Waals surface area contributed by atoms with Gasteiger partial charge in [-0.05, 0) is 36.9 Å². The second-order valence-corrected chi connectivity index (χ2v) is 7.86. The van der Waals surface area contributed by atoms with Gasteiger partial charge in [-0.25, -0.2) is 10.1 Å². The summed E-state index contributed by atoms with van der Waals surface area (Å²) in [4.78, 5) is 0. The summed E-state index contributed by atoms with van der Waals surface area (Å²) < 4.78 is 17.2. The Morgan fingerprint density at radius 2 is 2.00 bits per heavy atom. The van der Waals surface area contributed by atoms with Gasteiger partial charge >= 0.3 is 6.72 Å². The van der Waals surface area contributed by atoms with Crippen molar-refractivity contribution in [3.05, 3.63) is 29.8 Å².